The minimum Gasteiger partial charge on any atom is -0.497 e. The average Bonchev–Trinajstić information content (AvgIpc) is 3.23. The second-order valence-corrected chi connectivity index (χ2v) is 7.73. The lowest BCUT2D eigenvalue weighted by atomic mass is 9.68. The lowest BCUT2D eigenvalue weighted by Gasteiger charge is -2.49. The normalized spacial score (nSPS) is 25.7. The molecule has 0 aliphatic carbocycles. The van der Waals surface area contributed by atoms with Crippen molar-refractivity contribution >= 4 is 29.2 Å². The van der Waals surface area contributed by atoms with E-state index in [9.17, 15) is 14.4 Å². The predicted molar refractivity (Wildman–Crippen MR) is 107 cm³/mol. The van der Waals surface area contributed by atoms with E-state index in [1.807, 2.05) is 24.3 Å². The number of carbonyl (C=O) groups excluding carboxylic acids is 3. The van der Waals surface area contributed by atoms with Crippen molar-refractivity contribution in [3.05, 3.63) is 54.1 Å². The number of amides is 4. The van der Waals surface area contributed by atoms with Crippen molar-refractivity contribution in [3.63, 3.8) is 0 Å². The van der Waals surface area contributed by atoms with Crippen LogP contribution in [-0.4, -0.2) is 37.5 Å². The van der Waals surface area contributed by atoms with Gasteiger partial charge in [0.25, 0.3) is 5.91 Å². The molecule has 0 aromatic heterocycles. The van der Waals surface area contributed by atoms with Gasteiger partial charge in [0.2, 0.25) is 5.91 Å². The molecule has 0 saturated carbocycles. The molecule has 7 nitrogen and oxygen atoms in total. The van der Waals surface area contributed by atoms with Crippen LogP contribution in [0.4, 0.5) is 16.2 Å². The Bertz CT molecular complexity index is 1020. The van der Waals surface area contributed by atoms with Gasteiger partial charge < -0.3 is 9.64 Å². The third kappa shape index (κ3) is 2.40. The standard InChI is InChI=1S/C22H21N3O4/c1-29-16-10-8-15(9-11-16)25-20(27)22(19(26)23-21(25)28)13-14-5-2-3-6-17(14)24-12-4-7-18(22)24/h2-3,5-6,8-11,18H,4,7,12-13H2,1H3,(H,23,26,28)/t18-,22+/m0/s1. The van der Waals surface area contributed by atoms with Crippen molar-refractivity contribution in [2.75, 3.05) is 23.5 Å². The zero-order valence-corrected chi connectivity index (χ0v) is 16.1. The average molecular weight is 391 g/mol. The predicted octanol–water partition coefficient (Wildman–Crippen LogP) is 2.49. The highest BCUT2D eigenvalue weighted by Gasteiger charge is 2.62. The molecule has 0 radical (unpaired) electrons. The van der Waals surface area contributed by atoms with Crippen molar-refractivity contribution in [3.8, 4) is 5.75 Å². The maximum absolute atomic E-state index is 13.8. The van der Waals surface area contributed by atoms with Crippen molar-refractivity contribution in [2.24, 2.45) is 5.41 Å². The molecule has 3 aliphatic rings. The van der Waals surface area contributed by atoms with Crippen LogP contribution in [0.1, 0.15) is 18.4 Å². The van der Waals surface area contributed by atoms with Crippen molar-refractivity contribution < 1.29 is 19.1 Å². The molecule has 2 fully saturated rings. The number of nitrogens with zero attached hydrogens (tertiary/aromatic N) is 2. The Morgan fingerprint density at radius 3 is 2.59 bits per heavy atom. The van der Waals surface area contributed by atoms with E-state index in [1.165, 1.54) is 0 Å². The number of carbonyl (C=O) groups is 3. The number of benzene rings is 2. The minimum atomic E-state index is -1.32. The van der Waals surface area contributed by atoms with E-state index in [2.05, 4.69) is 10.2 Å². The van der Waals surface area contributed by atoms with E-state index in [1.54, 1.807) is 31.4 Å². The summed E-state index contributed by atoms with van der Waals surface area (Å²) < 4.78 is 5.17. The monoisotopic (exact) mass is 391 g/mol. The van der Waals surface area contributed by atoms with Crippen LogP contribution in [0.25, 0.3) is 0 Å². The lowest BCUT2D eigenvalue weighted by molar-refractivity contribution is -0.144. The summed E-state index contributed by atoms with van der Waals surface area (Å²) in [6.45, 7) is 0.792. The first-order valence-electron chi connectivity index (χ1n) is 9.75. The summed E-state index contributed by atoms with van der Waals surface area (Å²) in [5.74, 6) is -0.329. The fraction of sp³-hybridized carbons (Fsp3) is 0.318. The number of rotatable bonds is 2. The van der Waals surface area contributed by atoms with E-state index >= 15 is 0 Å². The fourth-order valence-corrected chi connectivity index (χ4v) is 5.00. The second-order valence-electron chi connectivity index (χ2n) is 7.73. The van der Waals surface area contributed by atoms with E-state index in [0.29, 0.717) is 11.4 Å². The van der Waals surface area contributed by atoms with Crippen LogP contribution in [0.3, 0.4) is 0 Å². The number of anilines is 2. The molecule has 2 aromatic carbocycles. The van der Waals surface area contributed by atoms with Crippen LogP contribution < -0.4 is 19.9 Å². The molecule has 3 aliphatic heterocycles. The molecule has 2 saturated heterocycles. The first-order valence-corrected chi connectivity index (χ1v) is 9.75. The summed E-state index contributed by atoms with van der Waals surface area (Å²) in [5.41, 5.74) is 1.13. The quantitative estimate of drug-likeness (QED) is 0.796. The van der Waals surface area contributed by atoms with Gasteiger partial charge >= 0.3 is 6.03 Å². The lowest BCUT2D eigenvalue weighted by Crippen LogP contribution is -2.71. The van der Waals surface area contributed by atoms with Crippen molar-refractivity contribution in [1.29, 1.82) is 0 Å². The van der Waals surface area contributed by atoms with Crippen LogP contribution in [0.2, 0.25) is 0 Å². The van der Waals surface area contributed by atoms with Gasteiger partial charge in [0.05, 0.1) is 18.8 Å². The molecular weight excluding hydrogens is 370 g/mol. The van der Waals surface area contributed by atoms with E-state index < -0.39 is 23.3 Å². The number of hydrogen-bond donors (Lipinski definition) is 1. The first-order chi connectivity index (χ1) is 14.1. The SMILES string of the molecule is COc1ccc(N2C(=O)NC(=O)[C@]3(Cc4ccccc4N4CCC[C@H]43)C2=O)cc1. The highest BCUT2D eigenvalue weighted by atomic mass is 16.5. The minimum absolute atomic E-state index is 0.265. The van der Waals surface area contributed by atoms with Crippen molar-refractivity contribution in [2.45, 2.75) is 25.3 Å². The Kier molecular flexibility index (Phi) is 3.87. The van der Waals surface area contributed by atoms with Crippen LogP contribution in [-0.2, 0) is 16.0 Å². The number of urea groups is 1. The van der Waals surface area contributed by atoms with Gasteiger partial charge in [0.1, 0.15) is 5.75 Å². The molecular formula is C22H21N3O4. The van der Waals surface area contributed by atoms with Crippen LogP contribution in [0.15, 0.2) is 48.5 Å². The number of fused-ring (bicyclic) bond motifs is 4. The maximum atomic E-state index is 13.8. The topological polar surface area (TPSA) is 79.0 Å². The molecule has 2 atom stereocenters. The summed E-state index contributed by atoms with van der Waals surface area (Å²) in [4.78, 5) is 42.9. The number of para-hydroxylation sites is 1. The summed E-state index contributed by atoms with van der Waals surface area (Å²) in [7, 11) is 1.55. The molecule has 1 spiro atoms. The molecule has 5 rings (SSSR count). The van der Waals surface area contributed by atoms with Gasteiger partial charge in [0.15, 0.2) is 5.41 Å². The Hall–Kier alpha value is -3.35. The molecule has 148 valence electrons. The molecule has 3 heterocycles. The van der Waals surface area contributed by atoms with Gasteiger partial charge in [0, 0.05) is 12.2 Å². The van der Waals surface area contributed by atoms with E-state index in [0.717, 1.165) is 35.5 Å². The summed E-state index contributed by atoms with van der Waals surface area (Å²) in [5, 5.41) is 2.46. The molecule has 7 heteroatoms. The van der Waals surface area contributed by atoms with Gasteiger partial charge in [-0.05, 0) is 55.2 Å². The summed E-state index contributed by atoms with van der Waals surface area (Å²) >= 11 is 0. The number of barbiturate groups is 1. The fourth-order valence-electron chi connectivity index (χ4n) is 5.00. The van der Waals surface area contributed by atoms with Crippen molar-refractivity contribution in [1.82, 2.24) is 5.32 Å². The van der Waals surface area contributed by atoms with Gasteiger partial charge in [-0.1, -0.05) is 18.2 Å². The Labute approximate surface area is 168 Å². The Balaban J connectivity index is 1.62. The highest BCUT2D eigenvalue weighted by molar-refractivity contribution is 6.30. The van der Waals surface area contributed by atoms with E-state index in [4.69, 9.17) is 4.74 Å². The first kappa shape index (κ1) is 17.7. The van der Waals surface area contributed by atoms with Gasteiger partial charge in [-0.25, -0.2) is 9.69 Å². The Morgan fingerprint density at radius 1 is 1.07 bits per heavy atom. The number of hydrogen-bond acceptors (Lipinski definition) is 5. The molecule has 1 N–H and O–H groups in total. The largest absolute Gasteiger partial charge is 0.497 e. The maximum Gasteiger partial charge on any atom is 0.335 e. The van der Waals surface area contributed by atoms with Gasteiger partial charge in [-0.2, -0.15) is 0 Å². The smallest absolute Gasteiger partial charge is 0.335 e. The van der Waals surface area contributed by atoms with Gasteiger partial charge in [-0.3, -0.25) is 14.9 Å². The molecule has 4 amide bonds. The van der Waals surface area contributed by atoms with Gasteiger partial charge in [-0.15, -0.1) is 0 Å². The summed E-state index contributed by atoms with van der Waals surface area (Å²) in [6.07, 6.45) is 1.92. The Morgan fingerprint density at radius 2 is 1.83 bits per heavy atom. The third-order valence-corrected chi connectivity index (χ3v) is 6.34. The molecule has 0 unspecified atom stereocenters. The number of imide groups is 2. The number of methoxy groups -OCH3 is 1. The molecule has 2 aromatic rings. The number of ether oxygens (including phenoxy) is 1. The highest BCUT2D eigenvalue weighted by Crippen LogP contribution is 2.48. The summed E-state index contributed by atoms with van der Waals surface area (Å²) in [6, 6.07) is 13.6. The van der Waals surface area contributed by atoms with Crippen LogP contribution >= 0.6 is 0 Å². The van der Waals surface area contributed by atoms with E-state index in [-0.39, 0.29) is 12.5 Å². The molecule has 0 bridgehead atoms. The number of nitrogens with one attached hydrogen (secondary N) is 1. The van der Waals surface area contributed by atoms with Crippen LogP contribution in [0.5, 0.6) is 5.75 Å². The zero-order valence-electron chi connectivity index (χ0n) is 16.1. The second kappa shape index (κ2) is 6.34. The zero-order chi connectivity index (χ0) is 20.2. The molecule has 29 heavy (non-hydrogen) atoms. The van der Waals surface area contributed by atoms with Crippen LogP contribution in [0, 0.1) is 5.41 Å². The third-order valence-electron chi connectivity index (χ3n) is 6.34.